The van der Waals surface area contributed by atoms with Crippen molar-refractivity contribution in [3.8, 4) is 5.75 Å². The summed E-state index contributed by atoms with van der Waals surface area (Å²) in [7, 11) is 1.70. The molecule has 0 spiro atoms. The Balaban J connectivity index is 1.71. The second-order valence-electron chi connectivity index (χ2n) is 6.83. The quantitative estimate of drug-likeness (QED) is 0.731. The van der Waals surface area contributed by atoms with Gasteiger partial charge in [0.1, 0.15) is 5.75 Å². The van der Waals surface area contributed by atoms with Gasteiger partial charge >= 0.3 is 0 Å². The van der Waals surface area contributed by atoms with Crippen LogP contribution in [0.1, 0.15) is 36.1 Å². The van der Waals surface area contributed by atoms with Crippen LogP contribution in [0.3, 0.4) is 0 Å². The van der Waals surface area contributed by atoms with Crippen LogP contribution in [0.15, 0.2) is 41.8 Å². The summed E-state index contributed by atoms with van der Waals surface area (Å²) in [6.07, 6.45) is 4.74. The van der Waals surface area contributed by atoms with Gasteiger partial charge in [-0.3, -0.25) is 9.69 Å². The van der Waals surface area contributed by atoms with Crippen LogP contribution in [-0.4, -0.2) is 42.5 Å². The average molecular weight is 373 g/mol. The summed E-state index contributed by atoms with van der Waals surface area (Å²) >= 11 is 1.74. The molecule has 1 amide bonds. The number of amides is 1. The molecule has 4 nitrogen and oxygen atoms in total. The monoisotopic (exact) mass is 372 g/mol. The number of thiophene rings is 1. The Hall–Kier alpha value is -1.85. The number of ether oxygens (including phenoxy) is 1. The lowest BCUT2D eigenvalue weighted by atomic mass is 10.2. The minimum atomic E-state index is 0.248. The van der Waals surface area contributed by atoms with Gasteiger partial charge in [0.25, 0.3) is 0 Å². The fourth-order valence-electron chi connectivity index (χ4n) is 3.48. The van der Waals surface area contributed by atoms with Crippen LogP contribution in [0.25, 0.3) is 0 Å². The van der Waals surface area contributed by atoms with Crippen molar-refractivity contribution in [2.75, 3.05) is 26.7 Å². The number of rotatable bonds is 7. The highest BCUT2D eigenvalue weighted by molar-refractivity contribution is 7.09. The Morgan fingerprint density at radius 3 is 2.54 bits per heavy atom. The smallest absolute Gasteiger partial charge is 0.236 e. The van der Waals surface area contributed by atoms with Crippen molar-refractivity contribution in [3.05, 3.63) is 52.2 Å². The third-order valence-electron chi connectivity index (χ3n) is 4.86. The molecule has 26 heavy (non-hydrogen) atoms. The number of para-hydroxylation sites is 1. The average Bonchev–Trinajstić information content (AvgIpc) is 3.01. The maximum Gasteiger partial charge on any atom is 0.236 e. The van der Waals surface area contributed by atoms with E-state index in [1.807, 2.05) is 18.2 Å². The molecule has 1 aliphatic rings. The van der Waals surface area contributed by atoms with Crippen molar-refractivity contribution in [2.24, 2.45) is 0 Å². The molecule has 0 bridgehead atoms. The Morgan fingerprint density at radius 2 is 1.85 bits per heavy atom. The van der Waals surface area contributed by atoms with Crippen molar-refractivity contribution in [3.63, 3.8) is 0 Å². The first-order valence-corrected chi connectivity index (χ1v) is 10.3. The molecule has 0 atom stereocenters. The zero-order valence-corrected chi connectivity index (χ0v) is 16.3. The predicted molar refractivity (Wildman–Crippen MR) is 106 cm³/mol. The molecule has 0 saturated carbocycles. The minimum absolute atomic E-state index is 0.248. The maximum atomic E-state index is 12.9. The molecule has 1 aromatic carbocycles. The van der Waals surface area contributed by atoms with Crippen LogP contribution in [0, 0.1) is 0 Å². The van der Waals surface area contributed by atoms with Gasteiger partial charge in [0.2, 0.25) is 5.91 Å². The van der Waals surface area contributed by atoms with Crippen molar-refractivity contribution in [1.82, 2.24) is 9.80 Å². The number of methoxy groups -OCH3 is 1. The van der Waals surface area contributed by atoms with E-state index >= 15 is 0 Å². The fourth-order valence-corrected chi connectivity index (χ4v) is 4.22. The van der Waals surface area contributed by atoms with Crippen LogP contribution in [0.5, 0.6) is 5.75 Å². The Labute approximate surface area is 160 Å². The van der Waals surface area contributed by atoms with E-state index in [1.54, 1.807) is 18.4 Å². The molecule has 0 aliphatic carbocycles. The number of carbonyl (C=O) groups is 1. The molecule has 5 heteroatoms. The fraction of sp³-hybridized carbons (Fsp3) is 0.476. The van der Waals surface area contributed by atoms with Crippen LogP contribution in [0.2, 0.25) is 0 Å². The van der Waals surface area contributed by atoms with Crippen LogP contribution >= 0.6 is 11.3 Å². The third kappa shape index (κ3) is 5.32. The first-order valence-electron chi connectivity index (χ1n) is 9.40. The molecule has 1 aromatic heterocycles. The van der Waals surface area contributed by atoms with E-state index in [0.717, 1.165) is 43.8 Å². The van der Waals surface area contributed by atoms with Crippen molar-refractivity contribution in [2.45, 2.75) is 38.8 Å². The van der Waals surface area contributed by atoms with Crippen molar-refractivity contribution >= 4 is 17.2 Å². The van der Waals surface area contributed by atoms with Crippen LogP contribution < -0.4 is 4.74 Å². The van der Waals surface area contributed by atoms with Crippen molar-refractivity contribution in [1.29, 1.82) is 0 Å². The van der Waals surface area contributed by atoms with E-state index in [-0.39, 0.29) is 5.91 Å². The van der Waals surface area contributed by atoms with Gasteiger partial charge in [-0.1, -0.05) is 37.1 Å². The number of benzene rings is 1. The van der Waals surface area contributed by atoms with E-state index in [4.69, 9.17) is 4.74 Å². The van der Waals surface area contributed by atoms with Gasteiger partial charge in [-0.25, -0.2) is 0 Å². The van der Waals surface area contributed by atoms with Gasteiger partial charge in [-0.2, -0.15) is 0 Å². The summed E-state index contributed by atoms with van der Waals surface area (Å²) in [6.45, 7) is 3.76. The Bertz CT molecular complexity index is 679. The van der Waals surface area contributed by atoms with Gasteiger partial charge in [-0.15, -0.1) is 11.3 Å². The molecule has 140 valence electrons. The first kappa shape index (κ1) is 18.9. The highest BCUT2D eigenvalue weighted by atomic mass is 32.1. The second-order valence-corrected chi connectivity index (χ2v) is 7.86. The van der Waals surface area contributed by atoms with E-state index in [0.29, 0.717) is 13.1 Å². The number of nitrogens with zero attached hydrogens (tertiary/aromatic N) is 2. The summed E-state index contributed by atoms with van der Waals surface area (Å²) < 4.78 is 5.50. The number of carbonyl (C=O) groups excluding carboxylic acids is 1. The SMILES string of the molecule is COc1ccccc1CN(CC(=O)N1CCCCCC1)Cc1cccs1. The molecule has 1 saturated heterocycles. The largest absolute Gasteiger partial charge is 0.496 e. The van der Waals surface area contributed by atoms with Crippen molar-refractivity contribution < 1.29 is 9.53 Å². The number of likely N-dealkylation sites (tertiary alicyclic amines) is 1. The Morgan fingerprint density at radius 1 is 1.08 bits per heavy atom. The number of hydrogen-bond donors (Lipinski definition) is 0. The molecule has 0 unspecified atom stereocenters. The molecule has 0 N–H and O–H groups in total. The normalized spacial score (nSPS) is 15.1. The summed E-state index contributed by atoms with van der Waals surface area (Å²) in [6, 6.07) is 12.3. The van der Waals surface area contributed by atoms with Gasteiger partial charge in [-0.05, 0) is 30.4 Å². The lowest BCUT2D eigenvalue weighted by Gasteiger charge is -2.27. The topological polar surface area (TPSA) is 32.8 Å². The van der Waals surface area contributed by atoms with Gasteiger partial charge in [0, 0.05) is 36.6 Å². The van der Waals surface area contributed by atoms with E-state index < -0.39 is 0 Å². The highest BCUT2D eigenvalue weighted by Gasteiger charge is 2.20. The molecule has 0 radical (unpaired) electrons. The number of hydrogen-bond acceptors (Lipinski definition) is 4. The minimum Gasteiger partial charge on any atom is -0.496 e. The zero-order valence-electron chi connectivity index (χ0n) is 15.5. The Kier molecular flexibility index (Phi) is 7.09. The molecule has 2 heterocycles. The summed E-state index contributed by atoms with van der Waals surface area (Å²) in [4.78, 5) is 18.5. The summed E-state index contributed by atoms with van der Waals surface area (Å²) in [5.74, 6) is 1.13. The predicted octanol–water partition coefficient (Wildman–Crippen LogP) is 4.16. The second kappa shape index (κ2) is 9.74. The first-order chi connectivity index (χ1) is 12.8. The van der Waals surface area contributed by atoms with E-state index in [9.17, 15) is 4.79 Å². The molecule has 1 fully saturated rings. The van der Waals surface area contributed by atoms with Crippen LogP contribution in [-0.2, 0) is 17.9 Å². The van der Waals surface area contributed by atoms with Gasteiger partial charge < -0.3 is 9.64 Å². The summed E-state index contributed by atoms with van der Waals surface area (Å²) in [5.41, 5.74) is 1.12. The lowest BCUT2D eigenvalue weighted by molar-refractivity contribution is -0.132. The maximum absolute atomic E-state index is 12.9. The molecular weight excluding hydrogens is 344 g/mol. The lowest BCUT2D eigenvalue weighted by Crippen LogP contribution is -2.40. The zero-order chi connectivity index (χ0) is 18.2. The van der Waals surface area contributed by atoms with E-state index in [2.05, 4.69) is 33.4 Å². The van der Waals surface area contributed by atoms with Gasteiger partial charge in [0.15, 0.2) is 0 Å². The molecule has 3 rings (SSSR count). The molecule has 1 aliphatic heterocycles. The molecule has 2 aromatic rings. The summed E-state index contributed by atoms with van der Waals surface area (Å²) in [5, 5.41) is 2.09. The standard InChI is InChI=1S/C21H28N2O2S/c1-25-20-11-5-4-9-18(20)15-22(16-19-10-8-14-26-19)17-21(24)23-12-6-2-3-7-13-23/h4-5,8-11,14H,2-3,6-7,12-13,15-17H2,1H3. The third-order valence-corrected chi connectivity index (χ3v) is 5.72. The van der Waals surface area contributed by atoms with E-state index in [1.165, 1.54) is 17.7 Å². The van der Waals surface area contributed by atoms with Gasteiger partial charge in [0.05, 0.1) is 13.7 Å². The molecular formula is C21H28N2O2S. The van der Waals surface area contributed by atoms with Crippen LogP contribution in [0.4, 0.5) is 0 Å². The highest BCUT2D eigenvalue weighted by Crippen LogP contribution is 2.22.